The van der Waals surface area contributed by atoms with Crippen molar-refractivity contribution in [3.8, 4) is 0 Å². The van der Waals surface area contributed by atoms with Crippen molar-refractivity contribution >= 4 is 0 Å². The van der Waals surface area contributed by atoms with E-state index < -0.39 is 0 Å². The summed E-state index contributed by atoms with van der Waals surface area (Å²) in [5, 5.41) is 8.22. The molecule has 1 heterocycles. The third kappa shape index (κ3) is 4.62. The summed E-state index contributed by atoms with van der Waals surface area (Å²) in [6.07, 6.45) is 2.04. The van der Waals surface area contributed by atoms with E-state index >= 15 is 0 Å². The third-order valence-electron chi connectivity index (χ3n) is 3.24. The number of nitrogens with zero attached hydrogens (tertiary/aromatic N) is 2. The Balaban J connectivity index is 2.83. The molecule has 0 amide bonds. The van der Waals surface area contributed by atoms with Gasteiger partial charge in [0.1, 0.15) is 0 Å². The summed E-state index contributed by atoms with van der Waals surface area (Å²) in [5.74, 6) is 0.629. The molecule has 0 aromatic carbocycles. The molecule has 0 aliphatic carbocycles. The molecule has 1 aromatic rings. The Morgan fingerprint density at radius 2 is 2.00 bits per heavy atom. The van der Waals surface area contributed by atoms with Gasteiger partial charge in [0.25, 0.3) is 0 Å². The van der Waals surface area contributed by atoms with Crippen LogP contribution in [0.3, 0.4) is 0 Å². The van der Waals surface area contributed by atoms with E-state index in [0.717, 1.165) is 39.1 Å². The fourth-order valence-electron chi connectivity index (χ4n) is 2.36. The van der Waals surface area contributed by atoms with Crippen molar-refractivity contribution in [2.75, 3.05) is 20.3 Å². The normalized spacial score (nSPS) is 11.5. The Hall–Kier alpha value is -0.870. The molecule has 0 aliphatic rings. The summed E-state index contributed by atoms with van der Waals surface area (Å²) in [6.45, 7) is 12.4. The lowest BCUT2D eigenvalue weighted by atomic mass is 10.1. The quantitative estimate of drug-likeness (QED) is 0.698. The molecule has 1 aromatic heterocycles. The standard InChI is InChI=1S/C15H29N3O/c1-6-14-13(10-16-8-9-19-5)15(7-2)18(17-14)11-12(3)4/h12,16H,6-11H2,1-5H3. The van der Waals surface area contributed by atoms with Crippen LogP contribution in [0.15, 0.2) is 0 Å². The highest BCUT2D eigenvalue weighted by Gasteiger charge is 2.15. The number of aromatic nitrogens is 2. The van der Waals surface area contributed by atoms with E-state index in [4.69, 9.17) is 9.84 Å². The lowest BCUT2D eigenvalue weighted by Crippen LogP contribution is -2.20. The van der Waals surface area contributed by atoms with Crippen LogP contribution in [-0.4, -0.2) is 30.0 Å². The largest absolute Gasteiger partial charge is 0.383 e. The first-order chi connectivity index (χ1) is 9.13. The summed E-state index contributed by atoms with van der Waals surface area (Å²) in [7, 11) is 1.73. The molecule has 0 fully saturated rings. The highest BCUT2D eigenvalue weighted by Crippen LogP contribution is 2.17. The number of hydrogen-bond donors (Lipinski definition) is 1. The second-order valence-electron chi connectivity index (χ2n) is 5.32. The smallest absolute Gasteiger partial charge is 0.0669 e. The van der Waals surface area contributed by atoms with Gasteiger partial charge in [-0.3, -0.25) is 4.68 Å². The first kappa shape index (κ1) is 16.2. The molecule has 4 nitrogen and oxygen atoms in total. The van der Waals surface area contributed by atoms with Crippen molar-refractivity contribution in [1.29, 1.82) is 0 Å². The van der Waals surface area contributed by atoms with Gasteiger partial charge in [-0.05, 0) is 18.8 Å². The Labute approximate surface area is 117 Å². The van der Waals surface area contributed by atoms with Crippen LogP contribution >= 0.6 is 0 Å². The molecule has 1 N–H and O–H groups in total. The van der Waals surface area contributed by atoms with Crippen LogP contribution in [0, 0.1) is 5.92 Å². The van der Waals surface area contributed by atoms with Gasteiger partial charge in [0.2, 0.25) is 0 Å². The minimum atomic E-state index is 0.629. The average molecular weight is 267 g/mol. The number of nitrogens with one attached hydrogen (secondary N) is 1. The molecule has 4 heteroatoms. The zero-order valence-corrected chi connectivity index (χ0v) is 13.1. The first-order valence-electron chi connectivity index (χ1n) is 7.41. The minimum Gasteiger partial charge on any atom is -0.383 e. The van der Waals surface area contributed by atoms with Gasteiger partial charge in [0.15, 0.2) is 0 Å². The van der Waals surface area contributed by atoms with Crippen molar-refractivity contribution in [3.63, 3.8) is 0 Å². The molecule has 0 unspecified atom stereocenters. The average Bonchev–Trinajstić information content (AvgIpc) is 2.70. The number of aryl methyl sites for hydroxylation is 1. The molecular weight excluding hydrogens is 238 g/mol. The topological polar surface area (TPSA) is 39.1 Å². The Kier molecular flexibility index (Phi) is 7.10. The second kappa shape index (κ2) is 8.33. The van der Waals surface area contributed by atoms with Crippen molar-refractivity contribution in [3.05, 3.63) is 17.0 Å². The van der Waals surface area contributed by atoms with Crippen LogP contribution in [-0.2, 0) is 30.7 Å². The summed E-state index contributed by atoms with van der Waals surface area (Å²) >= 11 is 0. The van der Waals surface area contributed by atoms with Gasteiger partial charge in [0.05, 0.1) is 12.3 Å². The molecule has 0 saturated carbocycles. The van der Waals surface area contributed by atoms with Crippen LogP contribution < -0.4 is 5.32 Å². The molecule has 0 spiro atoms. The Bertz CT molecular complexity index is 372. The lowest BCUT2D eigenvalue weighted by Gasteiger charge is -2.10. The molecule has 0 radical (unpaired) electrons. The summed E-state index contributed by atoms with van der Waals surface area (Å²) < 4.78 is 7.27. The van der Waals surface area contributed by atoms with E-state index in [2.05, 4.69) is 37.7 Å². The van der Waals surface area contributed by atoms with Gasteiger partial charge in [0, 0.05) is 38.0 Å². The van der Waals surface area contributed by atoms with Crippen LogP contribution in [0.5, 0.6) is 0 Å². The van der Waals surface area contributed by atoms with Gasteiger partial charge in [-0.15, -0.1) is 0 Å². The molecule has 0 aliphatic heterocycles. The lowest BCUT2D eigenvalue weighted by molar-refractivity contribution is 0.199. The van der Waals surface area contributed by atoms with E-state index in [1.807, 2.05) is 0 Å². The molecule has 1 rings (SSSR count). The molecule has 19 heavy (non-hydrogen) atoms. The first-order valence-corrected chi connectivity index (χ1v) is 7.41. The minimum absolute atomic E-state index is 0.629. The zero-order valence-electron chi connectivity index (χ0n) is 13.1. The third-order valence-corrected chi connectivity index (χ3v) is 3.24. The van der Waals surface area contributed by atoms with Gasteiger partial charge < -0.3 is 10.1 Å². The van der Waals surface area contributed by atoms with Gasteiger partial charge in [-0.2, -0.15) is 5.10 Å². The maximum Gasteiger partial charge on any atom is 0.0669 e. The van der Waals surface area contributed by atoms with Gasteiger partial charge >= 0.3 is 0 Å². The summed E-state index contributed by atoms with van der Waals surface area (Å²) in [4.78, 5) is 0. The van der Waals surface area contributed by atoms with Crippen LogP contribution in [0.2, 0.25) is 0 Å². The highest BCUT2D eigenvalue weighted by molar-refractivity contribution is 5.26. The highest BCUT2D eigenvalue weighted by atomic mass is 16.5. The maximum absolute atomic E-state index is 5.07. The number of rotatable bonds is 9. The van der Waals surface area contributed by atoms with E-state index in [-0.39, 0.29) is 0 Å². The molecular formula is C15H29N3O. The number of hydrogen-bond acceptors (Lipinski definition) is 3. The Morgan fingerprint density at radius 3 is 2.53 bits per heavy atom. The fraction of sp³-hybridized carbons (Fsp3) is 0.800. The molecule has 0 saturated heterocycles. The predicted octanol–water partition coefficient (Wildman–Crippen LogP) is 2.40. The van der Waals surface area contributed by atoms with Crippen molar-refractivity contribution in [2.24, 2.45) is 5.92 Å². The molecule has 0 atom stereocenters. The van der Waals surface area contributed by atoms with E-state index in [0.29, 0.717) is 5.92 Å². The van der Waals surface area contributed by atoms with Crippen molar-refractivity contribution in [1.82, 2.24) is 15.1 Å². The Morgan fingerprint density at radius 1 is 1.26 bits per heavy atom. The maximum atomic E-state index is 5.07. The molecule has 0 bridgehead atoms. The van der Waals surface area contributed by atoms with Gasteiger partial charge in [-0.1, -0.05) is 27.7 Å². The van der Waals surface area contributed by atoms with Crippen LogP contribution in [0.1, 0.15) is 44.6 Å². The van der Waals surface area contributed by atoms with Crippen LogP contribution in [0.4, 0.5) is 0 Å². The number of ether oxygens (including phenoxy) is 1. The fourth-order valence-corrected chi connectivity index (χ4v) is 2.36. The van der Waals surface area contributed by atoms with Gasteiger partial charge in [-0.25, -0.2) is 0 Å². The second-order valence-corrected chi connectivity index (χ2v) is 5.32. The summed E-state index contributed by atoms with van der Waals surface area (Å²) in [6, 6.07) is 0. The van der Waals surface area contributed by atoms with Crippen LogP contribution in [0.25, 0.3) is 0 Å². The molecule has 110 valence electrons. The SMILES string of the molecule is CCc1nn(CC(C)C)c(CC)c1CNCCOC. The van der Waals surface area contributed by atoms with E-state index in [9.17, 15) is 0 Å². The van der Waals surface area contributed by atoms with E-state index in [1.165, 1.54) is 17.0 Å². The number of methoxy groups -OCH3 is 1. The predicted molar refractivity (Wildman–Crippen MR) is 79.4 cm³/mol. The van der Waals surface area contributed by atoms with Crippen molar-refractivity contribution in [2.45, 2.75) is 53.6 Å². The van der Waals surface area contributed by atoms with Crippen molar-refractivity contribution < 1.29 is 4.74 Å². The monoisotopic (exact) mass is 267 g/mol. The zero-order chi connectivity index (χ0) is 14.3. The van der Waals surface area contributed by atoms with E-state index in [1.54, 1.807) is 7.11 Å². The summed E-state index contributed by atoms with van der Waals surface area (Å²) in [5.41, 5.74) is 4.01.